The van der Waals surface area contributed by atoms with Gasteiger partial charge in [-0.3, -0.25) is 4.79 Å². The predicted octanol–water partition coefficient (Wildman–Crippen LogP) is 6.76. The molecule has 3 N–H and O–H groups in total. The number of anilines is 1. The quantitative estimate of drug-likeness (QED) is 0.125. The standard InChI is InChI=1S/C41H45ClN4O5/c1-28(2)51-40(49)32-11-16-35(17-12-32)43-41(50)44-38(25-29-9-19-37(47)20-10-29)39(48)45-21-23-46(24-22-45,27-30-7-14-34(42)15-8-30)36-18-13-31-5-3-4-6-33(31)26-36/h3-12,14-17,19-20,28,36,38H,13,18,21-27H2,1-2H3,(H2-,43,44,47,49,50)/p+1/t36?,38-/m0/s1. The van der Waals surface area contributed by atoms with Crippen LogP contribution in [0.25, 0.3) is 0 Å². The van der Waals surface area contributed by atoms with Crippen molar-refractivity contribution in [2.24, 2.45) is 0 Å². The van der Waals surface area contributed by atoms with Gasteiger partial charge in [0.05, 0.1) is 43.9 Å². The highest BCUT2D eigenvalue weighted by molar-refractivity contribution is 6.30. The number of aryl methyl sites for hydroxylation is 1. The first-order valence-corrected chi connectivity index (χ1v) is 18.1. The molecule has 0 bridgehead atoms. The smallest absolute Gasteiger partial charge is 0.338 e. The van der Waals surface area contributed by atoms with E-state index in [0.29, 0.717) is 35.4 Å². The van der Waals surface area contributed by atoms with Crippen LogP contribution in [0.2, 0.25) is 5.02 Å². The molecule has 4 aromatic carbocycles. The first-order valence-electron chi connectivity index (χ1n) is 17.7. The molecule has 1 aliphatic heterocycles. The lowest BCUT2D eigenvalue weighted by molar-refractivity contribution is -0.967. The Kier molecular flexibility index (Phi) is 11.3. The van der Waals surface area contributed by atoms with E-state index in [-0.39, 0.29) is 24.2 Å². The van der Waals surface area contributed by atoms with Gasteiger partial charge in [-0.2, -0.15) is 0 Å². The Labute approximate surface area is 304 Å². The van der Waals surface area contributed by atoms with Crippen LogP contribution in [0.5, 0.6) is 5.75 Å². The number of amides is 3. The molecule has 1 saturated heterocycles. The number of phenols is 1. The topological polar surface area (TPSA) is 108 Å². The number of benzene rings is 4. The second-order valence-electron chi connectivity index (χ2n) is 14.0. The van der Waals surface area contributed by atoms with Crippen molar-refractivity contribution in [1.82, 2.24) is 10.2 Å². The molecule has 0 radical (unpaired) electrons. The number of nitrogens with zero attached hydrogens (tertiary/aromatic N) is 2. The van der Waals surface area contributed by atoms with Crippen LogP contribution in [-0.4, -0.2) is 76.8 Å². The normalized spacial score (nSPS) is 17.3. The number of fused-ring (bicyclic) bond motifs is 1. The highest BCUT2D eigenvalue weighted by Gasteiger charge is 2.43. The SMILES string of the molecule is CC(C)OC(=O)c1ccc(NC(=O)N[C@@H](Cc2ccc(O)cc2)C(=O)N2CC[N+](Cc3ccc(Cl)cc3)(C3CCc4ccccc4C3)CC2)cc1. The fourth-order valence-electron chi connectivity index (χ4n) is 7.42. The minimum atomic E-state index is -0.840. The van der Waals surface area contributed by atoms with Crippen LogP contribution in [-0.2, 0) is 35.3 Å². The fraction of sp³-hybridized carbons (Fsp3) is 0.341. The van der Waals surface area contributed by atoms with Crippen molar-refractivity contribution in [1.29, 1.82) is 0 Å². The summed E-state index contributed by atoms with van der Waals surface area (Å²) in [6, 6.07) is 29.0. The Morgan fingerprint density at radius 1 is 0.882 bits per heavy atom. The summed E-state index contributed by atoms with van der Waals surface area (Å²) in [6.45, 7) is 7.14. The second-order valence-corrected chi connectivity index (χ2v) is 14.4. The average molecular weight is 710 g/mol. The Hall–Kier alpha value is -4.86. The summed E-state index contributed by atoms with van der Waals surface area (Å²) in [6.07, 6.45) is 3.15. The highest BCUT2D eigenvalue weighted by atomic mass is 35.5. The van der Waals surface area contributed by atoms with E-state index < -0.39 is 18.0 Å². The minimum absolute atomic E-state index is 0.129. The molecule has 51 heavy (non-hydrogen) atoms. The van der Waals surface area contributed by atoms with E-state index in [1.54, 1.807) is 62.4 Å². The molecule has 266 valence electrons. The van der Waals surface area contributed by atoms with Crippen LogP contribution in [0, 0.1) is 0 Å². The van der Waals surface area contributed by atoms with Gasteiger partial charge in [0.15, 0.2) is 0 Å². The first-order chi connectivity index (χ1) is 24.6. The van der Waals surface area contributed by atoms with E-state index in [4.69, 9.17) is 16.3 Å². The molecule has 1 heterocycles. The number of carbonyl (C=O) groups excluding carboxylic acids is 3. The van der Waals surface area contributed by atoms with Gasteiger partial charge in [0.25, 0.3) is 0 Å². The monoisotopic (exact) mass is 709 g/mol. The zero-order valence-corrected chi connectivity index (χ0v) is 29.9. The third kappa shape index (κ3) is 9.09. The van der Waals surface area contributed by atoms with Crippen molar-refractivity contribution in [3.05, 3.63) is 130 Å². The Balaban J connectivity index is 1.17. The maximum atomic E-state index is 14.3. The van der Waals surface area contributed by atoms with Crippen LogP contribution >= 0.6 is 11.6 Å². The summed E-state index contributed by atoms with van der Waals surface area (Å²) in [5.41, 5.74) is 5.73. The molecule has 1 unspecified atom stereocenters. The zero-order chi connectivity index (χ0) is 36.0. The number of halogens is 1. The van der Waals surface area contributed by atoms with E-state index in [1.807, 2.05) is 17.0 Å². The van der Waals surface area contributed by atoms with Crippen molar-refractivity contribution in [2.75, 3.05) is 31.5 Å². The number of hydrogen-bond donors (Lipinski definition) is 3. The molecule has 0 saturated carbocycles. The first kappa shape index (κ1) is 35.9. The van der Waals surface area contributed by atoms with Crippen molar-refractivity contribution in [3.63, 3.8) is 0 Å². The Morgan fingerprint density at radius 2 is 1.53 bits per heavy atom. The molecule has 9 nitrogen and oxygen atoms in total. The third-order valence-electron chi connectivity index (χ3n) is 10.1. The largest absolute Gasteiger partial charge is 0.508 e. The van der Waals surface area contributed by atoms with E-state index in [2.05, 4.69) is 47.0 Å². The molecule has 3 amide bonds. The highest BCUT2D eigenvalue weighted by Crippen LogP contribution is 2.33. The van der Waals surface area contributed by atoms with E-state index in [1.165, 1.54) is 16.7 Å². The summed E-state index contributed by atoms with van der Waals surface area (Å²) in [4.78, 5) is 41.7. The van der Waals surface area contributed by atoms with E-state index in [0.717, 1.165) is 48.9 Å². The van der Waals surface area contributed by atoms with Crippen LogP contribution < -0.4 is 10.6 Å². The van der Waals surface area contributed by atoms with Gasteiger partial charge in [-0.1, -0.05) is 60.1 Å². The lowest BCUT2D eigenvalue weighted by atomic mass is 9.85. The van der Waals surface area contributed by atoms with Crippen LogP contribution in [0.4, 0.5) is 10.5 Å². The molecule has 2 aliphatic rings. The molecule has 4 aromatic rings. The number of carbonyl (C=O) groups is 3. The maximum absolute atomic E-state index is 14.3. The summed E-state index contributed by atoms with van der Waals surface area (Å²) in [5.74, 6) is -0.460. The number of quaternary nitrogens is 1. The number of esters is 1. The zero-order valence-electron chi connectivity index (χ0n) is 29.2. The van der Waals surface area contributed by atoms with Gasteiger partial charge in [-0.05, 0) is 85.5 Å². The molecule has 6 rings (SSSR count). The second kappa shape index (κ2) is 16.0. The molecular weight excluding hydrogens is 664 g/mol. The van der Waals surface area contributed by atoms with E-state index >= 15 is 0 Å². The minimum Gasteiger partial charge on any atom is -0.508 e. The number of phenolic OH excluding ortho intramolecular Hbond substituents is 1. The van der Waals surface area contributed by atoms with Gasteiger partial charge >= 0.3 is 12.0 Å². The lowest BCUT2D eigenvalue weighted by Crippen LogP contribution is -2.66. The molecule has 2 atom stereocenters. The van der Waals surface area contributed by atoms with Crippen molar-refractivity contribution < 1.29 is 28.7 Å². The summed E-state index contributed by atoms with van der Waals surface area (Å²) in [7, 11) is 0. The number of urea groups is 1. The molecule has 0 spiro atoms. The number of hydrogen-bond acceptors (Lipinski definition) is 5. The van der Waals surface area contributed by atoms with Crippen LogP contribution in [0.3, 0.4) is 0 Å². The Bertz CT molecular complexity index is 1820. The molecule has 1 aliphatic carbocycles. The number of aromatic hydroxyl groups is 1. The maximum Gasteiger partial charge on any atom is 0.338 e. The number of piperazine rings is 1. The molecule has 0 aromatic heterocycles. The number of nitrogens with one attached hydrogen (secondary N) is 2. The molecule has 1 fully saturated rings. The van der Waals surface area contributed by atoms with Gasteiger partial charge in [0.2, 0.25) is 5.91 Å². The fourth-order valence-corrected chi connectivity index (χ4v) is 7.55. The lowest BCUT2D eigenvalue weighted by Gasteiger charge is -2.51. The predicted molar refractivity (Wildman–Crippen MR) is 199 cm³/mol. The number of ether oxygens (including phenoxy) is 1. The summed E-state index contributed by atoms with van der Waals surface area (Å²) in [5, 5.41) is 16.3. The number of rotatable bonds is 10. The van der Waals surface area contributed by atoms with Gasteiger partial charge < -0.3 is 29.9 Å². The summed E-state index contributed by atoms with van der Waals surface area (Å²) >= 11 is 6.24. The van der Waals surface area contributed by atoms with Gasteiger partial charge in [0, 0.05) is 35.5 Å². The van der Waals surface area contributed by atoms with Crippen molar-refractivity contribution in [2.45, 2.75) is 64.3 Å². The van der Waals surface area contributed by atoms with Gasteiger partial charge in [0.1, 0.15) is 18.3 Å². The van der Waals surface area contributed by atoms with Crippen LogP contribution in [0.1, 0.15) is 52.9 Å². The summed E-state index contributed by atoms with van der Waals surface area (Å²) < 4.78 is 6.14. The van der Waals surface area contributed by atoms with E-state index in [9.17, 15) is 19.5 Å². The molecule has 10 heteroatoms. The van der Waals surface area contributed by atoms with Crippen molar-refractivity contribution in [3.8, 4) is 5.75 Å². The van der Waals surface area contributed by atoms with Gasteiger partial charge in [-0.25, -0.2) is 9.59 Å². The average Bonchev–Trinajstić information content (AvgIpc) is 3.13. The third-order valence-corrected chi connectivity index (χ3v) is 10.4. The molecular formula is C41H46ClN4O5+. The van der Waals surface area contributed by atoms with Crippen LogP contribution in [0.15, 0.2) is 97.1 Å². The Morgan fingerprint density at radius 3 is 2.20 bits per heavy atom. The van der Waals surface area contributed by atoms with Crippen molar-refractivity contribution >= 4 is 35.2 Å². The van der Waals surface area contributed by atoms with Gasteiger partial charge in [-0.15, -0.1) is 0 Å².